The Morgan fingerprint density at radius 3 is 2.81 bits per heavy atom. The number of hydrogen-bond acceptors (Lipinski definition) is 4. The molecule has 1 aromatic heterocycles. The van der Waals surface area contributed by atoms with E-state index in [1.165, 1.54) is 6.42 Å². The molecular weight excluding hydrogens is 264 g/mol. The molecule has 1 amide bonds. The van der Waals surface area contributed by atoms with Gasteiger partial charge in [-0.05, 0) is 44.0 Å². The van der Waals surface area contributed by atoms with Gasteiger partial charge in [-0.15, -0.1) is 0 Å². The maximum atomic E-state index is 12.3. The van der Waals surface area contributed by atoms with Gasteiger partial charge in [0.1, 0.15) is 5.82 Å². The van der Waals surface area contributed by atoms with Crippen molar-refractivity contribution in [2.24, 2.45) is 5.92 Å². The van der Waals surface area contributed by atoms with Crippen molar-refractivity contribution in [1.29, 1.82) is 0 Å². The first kappa shape index (κ1) is 14.3. The van der Waals surface area contributed by atoms with Gasteiger partial charge in [-0.2, -0.15) is 0 Å². The third-order valence-corrected chi connectivity index (χ3v) is 4.53. The third-order valence-electron chi connectivity index (χ3n) is 4.53. The monoisotopic (exact) mass is 288 g/mol. The first-order valence-corrected chi connectivity index (χ1v) is 7.97. The highest BCUT2D eigenvalue weighted by atomic mass is 16.2. The fourth-order valence-corrected chi connectivity index (χ4v) is 3.17. The van der Waals surface area contributed by atoms with Gasteiger partial charge in [0.25, 0.3) is 0 Å². The molecule has 0 saturated carbocycles. The van der Waals surface area contributed by atoms with Gasteiger partial charge in [-0.25, -0.2) is 4.98 Å². The number of nitrogens with zero attached hydrogens (tertiary/aromatic N) is 3. The zero-order valence-corrected chi connectivity index (χ0v) is 12.5. The molecule has 1 aromatic rings. The second kappa shape index (κ2) is 6.89. The van der Waals surface area contributed by atoms with Crippen molar-refractivity contribution in [1.82, 2.24) is 15.2 Å². The van der Waals surface area contributed by atoms with Crippen LogP contribution in [0.4, 0.5) is 5.82 Å². The van der Waals surface area contributed by atoms with Crippen LogP contribution in [0, 0.1) is 5.92 Å². The zero-order chi connectivity index (χ0) is 14.5. The van der Waals surface area contributed by atoms with Crippen molar-refractivity contribution in [3.8, 4) is 0 Å². The Morgan fingerprint density at radius 1 is 1.29 bits per heavy atom. The van der Waals surface area contributed by atoms with Crippen LogP contribution in [-0.2, 0) is 4.79 Å². The summed E-state index contributed by atoms with van der Waals surface area (Å²) in [5.74, 6) is 2.04. The Kier molecular flexibility index (Phi) is 4.70. The Balaban J connectivity index is 1.43. The molecular formula is C16H24N4O. The number of carbonyl (C=O) groups excluding carboxylic acids is 1. The Bertz CT molecular complexity index is 451. The largest absolute Gasteiger partial charge is 0.353 e. The SMILES string of the molecule is O=C(CCC1CCNC1)N1CCN(c2ccccn2)CC1. The number of aromatic nitrogens is 1. The normalized spacial score (nSPS) is 22.6. The Hall–Kier alpha value is -1.62. The van der Waals surface area contributed by atoms with E-state index in [4.69, 9.17) is 0 Å². The van der Waals surface area contributed by atoms with Crippen LogP contribution in [0.3, 0.4) is 0 Å². The van der Waals surface area contributed by atoms with Gasteiger partial charge < -0.3 is 15.1 Å². The van der Waals surface area contributed by atoms with Crippen LogP contribution in [0.5, 0.6) is 0 Å². The van der Waals surface area contributed by atoms with Gasteiger partial charge in [-0.1, -0.05) is 6.07 Å². The van der Waals surface area contributed by atoms with E-state index in [0.717, 1.165) is 51.5 Å². The van der Waals surface area contributed by atoms with Crippen molar-refractivity contribution in [2.75, 3.05) is 44.2 Å². The highest BCUT2D eigenvalue weighted by molar-refractivity contribution is 5.76. The number of carbonyl (C=O) groups is 1. The van der Waals surface area contributed by atoms with Crippen LogP contribution in [0.1, 0.15) is 19.3 Å². The molecule has 3 rings (SSSR count). The molecule has 2 saturated heterocycles. The average Bonchev–Trinajstić information content (AvgIpc) is 3.07. The molecule has 0 aromatic carbocycles. The van der Waals surface area contributed by atoms with Gasteiger partial charge >= 0.3 is 0 Å². The molecule has 2 fully saturated rings. The van der Waals surface area contributed by atoms with E-state index in [-0.39, 0.29) is 0 Å². The molecule has 2 aliphatic rings. The maximum Gasteiger partial charge on any atom is 0.222 e. The van der Waals surface area contributed by atoms with E-state index >= 15 is 0 Å². The molecule has 0 aliphatic carbocycles. The molecule has 1 N–H and O–H groups in total. The van der Waals surface area contributed by atoms with Gasteiger partial charge in [0.15, 0.2) is 0 Å². The molecule has 5 nitrogen and oxygen atoms in total. The summed E-state index contributed by atoms with van der Waals surface area (Å²) in [6.45, 7) is 5.60. The van der Waals surface area contributed by atoms with Crippen molar-refractivity contribution in [2.45, 2.75) is 19.3 Å². The van der Waals surface area contributed by atoms with E-state index in [1.54, 1.807) is 0 Å². The van der Waals surface area contributed by atoms with Crippen LogP contribution in [0.2, 0.25) is 0 Å². The maximum absolute atomic E-state index is 12.3. The highest BCUT2D eigenvalue weighted by Gasteiger charge is 2.23. The first-order chi connectivity index (χ1) is 10.3. The minimum absolute atomic E-state index is 0.322. The Labute approximate surface area is 126 Å². The number of nitrogens with one attached hydrogen (secondary N) is 1. The van der Waals surface area contributed by atoms with Crippen LogP contribution >= 0.6 is 0 Å². The topological polar surface area (TPSA) is 48.5 Å². The van der Waals surface area contributed by atoms with Crippen molar-refractivity contribution in [3.05, 3.63) is 24.4 Å². The molecule has 114 valence electrons. The molecule has 0 radical (unpaired) electrons. The smallest absolute Gasteiger partial charge is 0.222 e. The highest BCUT2D eigenvalue weighted by Crippen LogP contribution is 2.17. The summed E-state index contributed by atoms with van der Waals surface area (Å²) in [6, 6.07) is 5.97. The summed E-state index contributed by atoms with van der Waals surface area (Å²) in [5, 5.41) is 3.36. The minimum atomic E-state index is 0.322. The number of hydrogen-bond donors (Lipinski definition) is 1. The van der Waals surface area contributed by atoms with Gasteiger partial charge in [0, 0.05) is 38.8 Å². The van der Waals surface area contributed by atoms with Crippen LogP contribution in [0.15, 0.2) is 24.4 Å². The molecule has 3 heterocycles. The minimum Gasteiger partial charge on any atom is -0.353 e. The molecule has 1 atom stereocenters. The predicted octanol–water partition coefficient (Wildman–Crippen LogP) is 1.12. The van der Waals surface area contributed by atoms with Gasteiger partial charge in [-0.3, -0.25) is 4.79 Å². The van der Waals surface area contributed by atoms with Crippen molar-refractivity contribution in [3.63, 3.8) is 0 Å². The molecule has 21 heavy (non-hydrogen) atoms. The molecule has 0 spiro atoms. The Morgan fingerprint density at radius 2 is 2.14 bits per heavy atom. The average molecular weight is 288 g/mol. The van der Waals surface area contributed by atoms with Crippen LogP contribution in [-0.4, -0.2) is 55.1 Å². The quantitative estimate of drug-likeness (QED) is 0.902. The summed E-state index contributed by atoms with van der Waals surface area (Å²) in [5.41, 5.74) is 0. The fourth-order valence-electron chi connectivity index (χ4n) is 3.17. The summed E-state index contributed by atoms with van der Waals surface area (Å²) in [6.07, 6.45) is 4.78. The molecule has 1 unspecified atom stereocenters. The number of pyridine rings is 1. The van der Waals surface area contributed by atoms with E-state index < -0.39 is 0 Å². The lowest BCUT2D eigenvalue weighted by Gasteiger charge is -2.35. The number of amides is 1. The van der Waals surface area contributed by atoms with Gasteiger partial charge in [0.2, 0.25) is 5.91 Å². The predicted molar refractivity (Wildman–Crippen MR) is 83.2 cm³/mol. The number of piperazine rings is 1. The number of rotatable bonds is 4. The lowest BCUT2D eigenvalue weighted by Crippen LogP contribution is -2.49. The lowest BCUT2D eigenvalue weighted by molar-refractivity contribution is -0.131. The van der Waals surface area contributed by atoms with E-state index in [0.29, 0.717) is 18.2 Å². The van der Waals surface area contributed by atoms with E-state index in [1.807, 2.05) is 29.3 Å². The molecule has 2 aliphatic heterocycles. The van der Waals surface area contributed by atoms with Gasteiger partial charge in [0.05, 0.1) is 0 Å². The lowest BCUT2D eigenvalue weighted by atomic mass is 10.0. The van der Waals surface area contributed by atoms with Crippen molar-refractivity contribution >= 4 is 11.7 Å². The molecule has 0 bridgehead atoms. The summed E-state index contributed by atoms with van der Waals surface area (Å²) >= 11 is 0. The second-order valence-corrected chi connectivity index (χ2v) is 5.95. The summed E-state index contributed by atoms with van der Waals surface area (Å²) < 4.78 is 0. The standard InChI is InChI=1S/C16H24N4O/c21-16(5-4-14-6-8-17-13-14)20-11-9-19(10-12-20)15-3-1-2-7-18-15/h1-3,7,14,17H,4-6,8-13H2. The zero-order valence-electron chi connectivity index (χ0n) is 12.5. The fraction of sp³-hybridized carbons (Fsp3) is 0.625. The van der Waals surface area contributed by atoms with Crippen LogP contribution < -0.4 is 10.2 Å². The third kappa shape index (κ3) is 3.73. The summed E-state index contributed by atoms with van der Waals surface area (Å²) in [4.78, 5) is 20.9. The molecule has 5 heteroatoms. The van der Waals surface area contributed by atoms with E-state index in [9.17, 15) is 4.79 Å². The van der Waals surface area contributed by atoms with Crippen molar-refractivity contribution < 1.29 is 4.79 Å². The first-order valence-electron chi connectivity index (χ1n) is 7.97. The second-order valence-electron chi connectivity index (χ2n) is 5.95. The van der Waals surface area contributed by atoms with E-state index in [2.05, 4.69) is 15.2 Å². The summed E-state index contributed by atoms with van der Waals surface area (Å²) in [7, 11) is 0. The number of anilines is 1. The van der Waals surface area contributed by atoms with Crippen LogP contribution in [0.25, 0.3) is 0 Å².